The average molecular weight is 513 g/mol. The Bertz CT molecular complexity index is 1030. The molecule has 37 heavy (non-hydrogen) atoms. The molecule has 1 saturated carbocycles. The fourth-order valence-electron chi connectivity index (χ4n) is 5.21. The Morgan fingerprint density at radius 2 is 2.03 bits per heavy atom. The van der Waals surface area contributed by atoms with E-state index in [9.17, 15) is 25.2 Å². The van der Waals surface area contributed by atoms with E-state index in [1.165, 1.54) is 0 Å². The lowest BCUT2D eigenvalue weighted by Gasteiger charge is -2.19. The number of benzene rings is 1. The number of unbranched alkanes of at least 4 members (excludes halogenated alkanes) is 3. The quantitative estimate of drug-likeness (QED) is 0.155. The summed E-state index contributed by atoms with van der Waals surface area (Å²) in [6.07, 6.45) is 15.6. The second kappa shape index (κ2) is 15.0. The van der Waals surface area contributed by atoms with E-state index in [4.69, 9.17) is 0 Å². The molecule has 1 heterocycles. The number of aromatic nitrogens is 1. The van der Waals surface area contributed by atoms with Gasteiger partial charge in [0.05, 0.1) is 18.3 Å². The van der Waals surface area contributed by atoms with Gasteiger partial charge in [-0.05, 0) is 61.8 Å². The van der Waals surface area contributed by atoms with Crippen LogP contribution in [0.5, 0.6) is 5.75 Å². The molecule has 1 aliphatic rings. The number of hydrogen-bond acceptors (Lipinski definition) is 5. The van der Waals surface area contributed by atoms with Gasteiger partial charge in [0.25, 0.3) is 0 Å². The third-order valence-corrected chi connectivity index (χ3v) is 7.39. The minimum atomic E-state index is -0.592. The lowest BCUT2D eigenvalue weighted by Crippen LogP contribution is -2.25. The van der Waals surface area contributed by atoms with Gasteiger partial charge in [-0.3, -0.25) is 4.79 Å². The molecular formula is C30H44N2O5. The van der Waals surface area contributed by atoms with Crippen molar-refractivity contribution in [2.45, 2.75) is 89.4 Å². The molecule has 3 rings (SSSR count). The summed E-state index contributed by atoms with van der Waals surface area (Å²) in [4.78, 5) is 15.4. The highest BCUT2D eigenvalue weighted by atomic mass is 16.3. The number of H-pyrrole nitrogens is 1. The minimum Gasteiger partial charge on any atom is -0.508 e. The molecule has 1 aromatic heterocycles. The van der Waals surface area contributed by atoms with Crippen molar-refractivity contribution >= 4 is 16.8 Å². The Kier molecular flexibility index (Phi) is 11.7. The highest BCUT2D eigenvalue weighted by Gasteiger charge is 2.39. The maximum absolute atomic E-state index is 12.2. The predicted molar refractivity (Wildman–Crippen MR) is 147 cm³/mol. The zero-order valence-electron chi connectivity index (χ0n) is 22.0. The van der Waals surface area contributed by atoms with Crippen LogP contribution in [-0.2, 0) is 11.2 Å². The second-order valence-electron chi connectivity index (χ2n) is 10.3. The van der Waals surface area contributed by atoms with E-state index in [-0.39, 0.29) is 23.5 Å². The van der Waals surface area contributed by atoms with Crippen LogP contribution in [0.25, 0.3) is 10.9 Å². The molecule has 0 bridgehead atoms. The van der Waals surface area contributed by atoms with Crippen LogP contribution < -0.4 is 5.32 Å². The Morgan fingerprint density at radius 3 is 2.84 bits per heavy atom. The highest BCUT2D eigenvalue weighted by Crippen LogP contribution is 2.36. The third-order valence-electron chi connectivity index (χ3n) is 7.39. The number of fused-ring (bicyclic) bond motifs is 1. The van der Waals surface area contributed by atoms with Crippen molar-refractivity contribution in [3.05, 3.63) is 54.3 Å². The van der Waals surface area contributed by atoms with Crippen molar-refractivity contribution in [3.63, 3.8) is 0 Å². The molecule has 5 atom stereocenters. The summed E-state index contributed by atoms with van der Waals surface area (Å²) in [5.41, 5.74) is 2.03. The lowest BCUT2D eigenvalue weighted by molar-refractivity contribution is -0.121. The van der Waals surface area contributed by atoms with E-state index in [1.54, 1.807) is 18.2 Å². The van der Waals surface area contributed by atoms with Gasteiger partial charge < -0.3 is 30.7 Å². The lowest BCUT2D eigenvalue weighted by atomic mass is 9.89. The molecule has 7 nitrogen and oxygen atoms in total. The van der Waals surface area contributed by atoms with Crippen molar-refractivity contribution in [2.75, 3.05) is 6.54 Å². The first-order valence-corrected chi connectivity index (χ1v) is 13.8. The molecule has 0 radical (unpaired) electrons. The van der Waals surface area contributed by atoms with Gasteiger partial charge in [0.2, 0.25) is 5.91 Å². The molecule has 1 fully saturated rings. The van der Waals surface area contributed by atoms with Crippen LogP contribution in [0.4, 0.5) is 0 Å². The third kappa shape index (κ3) is 9.02. The van der Waals surface area contributed by atoms with Crippen molar-refractivity contribution in [1.29, 1.82) is 0 Å². The van der Waals surface area contributed by atoms with Crippen molar-refractivity contribution in [1.82, 2.24) is 10.3 Å². The molecule has 1 aromatic carbocycles. The molecule has 1 aliphatic carbocycles. The molecule has 0 spiro atoms. The number of carbonyl (C=O) groups is 1. The van der Waals surface area contributed by atoms with E-state index in [0.717, 1.165) is 55.0 Å². The number of aliphatic hydroxyl groups excluding tert-OH is 3. The first-order chi connectivity index (χ1) is 17.9. The van der Waals surface area contributed by atoms with Gasteiger partial charge in [-0.25, -0.2) is 0 Å². The van der Waals surface area contributed by atoms with E-state index in [2.05, 4.69) is 17.2 Å². The zero-order chi connectivity index (χ0) is 26.6. The van der Waals surface area contributed by atoms with E-state index in [1.807, 2.05) is 30.5 Å². The number of allylic oxidation sites excluding steroid dienone is 2. The molecule has 2 aromatic rings. The van der Waals surface area contributed by atoms with E-state index in [0.29, 0.717) is 32.2 Å². The summed E-state index contributed by atoms with van der Waals surface area (Å²) in [6, 6.07) is 5.22. The monoisotopic (exact) mass is 512 g/mol. The Morgan fingerprint density at radius 1 is 1.19 bits per heavy atom. The molecule has 204 valence electrons. The number of carbonyl (C=O) groups excluding carboxylic acids is 1. The fourth-order valence-corrected chi connectivity index (χ4v) is 5.21. The van der Waals surface area contributed by atoms with Crippen LogP contribution in [0.3, 0.4) is 0 Å². The van der Waals surface area contributed by atoms with Crippen LogP contribution in [0.15, 0.2) is 48.7 Å². The molecular weight excluding hydrogens is 468 g/mol. The summed E-state index contributed by atoms with van der Waals surface area (Å²) in [5.74, 6) is 0.0215. The molecule has 1 amide bonds. The number of phenols is 1. The predicted octanol–water partition coefficient (Wildman–Crippen LogP) is 4.50. The minimum absolute atomic E-state index is 0.0214. The second-order valence-corrected chi connectivity index (χ2v) is 10.3. The van der Waals surface area contributed by atoms with Gasteiger partial charge in [0, 0.05) is 42.4 Å². The van der Waals surface area contributed by atoms with Crippen molar-refractivity contribution in [3.8, 4) is 5.75 Å². The summed E-state index contributed by atoms with van der Waals surface area (Å²) in [5, 5.41) is 44.6. The highest BCUT2D eigenvalue weighted by molar-refractivity contribution is 5.84. The Hall–Kier alpha value is -2.61. The molecule has 7 heteroatoms. The van der Waals surface area contributed by atoms with Crippen LogP contribution in [-0.4, -0.2) is 56.2 Å². The number of rotatable bonds is 15. The number of hydrogen-bond donors (Lipinski definition) is 6. The standard InChI is InChI=1S/C30H44N2O5/c1-2-3-6-9-22(33)12-14-25-24(28(35)19-29(25)36)10-7-4-5-8-11-30(37)31-17-16-21-20-32-27-15-13-23(34)18-26(21)27/h4,7,12-15,18,20,22,24-25,28-29,32-36H,2-3,5-6,8-11,16-17,19H2,1H3,(H,31,37)/t22-,24+,25+,28-,29+/m0/s1. The van der Waals surface area contributed by atoms with Crippen LogP contribution >= 0.6 is 0 Å². The number of nitrogens with one attached hydrogen (secondary N) is 2. The molecule has 0 aliphatic heterocycles. The fraction of sp³-hybridized carbons (Fsp3) is 0.567. The van der Waals surface area contributed by atoms with Crippen molar-refractivity contribution < 1.29 is 25.2 Å². The number of aliphatic hydroxyl groups is 3. The molecule has 0 unspecified atom stereocenters. The van der Waals surface area contributed by atoms with Crippen LogP contribution in [0.1, 0.15) is 70.3 Å². The zero-order valence-corrected chi connectivity index (χ0v) is 22.0. The Labute approximate surface area is 220 Å². The number of aromatic hydroxyl groups is 1. The summed E-state index contributed by atoms with van der Waals surface area (Å²) in [6.45, 7) is 2.68. The van der Waals surface area contributed by atoms with Gasteiger partial charge in [-0.2, -0.15) is 0 Å². The topological polar surface area (TPSA) is 126 Å². The number of phenolic OH excluding ortho intramolecular Hbond substituents is 1. The molecule has 0 saturated heterocycles. The van der Waals surface area contributed by atoms with Gasteiger partial charge >= 0.3 is 0 Å². The maximum Gasteiger partial charge on any atom is 0.220 e. The molecule has 6 N–H and O–H groups in total. The first kappa shape index (κ1) is 29.0. The van der Waals surface area contributed by atoms with Gasteiger partial charge in [-0.15, -0.1) is 0 Å². The van der Waals surface area contributed by atoms with Crippen LogP contribution in [0, 0.1) is 11.8 Å². The van der Waals surface area contributed by atoms with E-state index < -0.39 is 18.3 Å². The summed E-state index contributed by atoms with van der Waals surface area (Å²) < 4.78 is 0. The summed E-state index contributed by atoms with van der Waals surface area (Å²) in [7, 11) is 0. The SMILES string of the molecule is CCCCC[C@H](O)C=C[C@@H]1[C@@H](CC=CCCCC(=O)NCCc2c[nH]c3ccc(O)cc23)[C@@H](O)C[C@H]1O. The normalized spacial score (nSPS) is 22.9. The van der Waals surface area contributed by atoms with Gasteiger partial charge in [0.15, 0.2) is 0 Å². The number of amides is 1. The summed E-state index contributed by atoms with van der Waals surface area (Å²) >= 11 is 0. The van der Waals surface area contributed by atoms with Crippen LogP contribution in [0.2, 0.25) is 0 Å². The first-order valence-electron chi connectivity index (χ1n) is 13.8. The number of aromatic amines is 1. The van der Waals surface area contributed by atoms with Crippen molar-refractivity contribution in [2.24, 2.45) is 11.8 Å². The maximum atomic E-state index is 12.2. The van der Waals surface area contributed by atoms with E-state index >= 15 is 0 Å². The smallest absolute Gasteiger partial charge is 0.220 e. The van der Waals surface area contributed by atoms with Gasteiger partial charge in [0.1, 0.15) is 5.75 Å². The average Bonchev–Trinajstić information content (AvgIpc) is 3.38. The largest absolute Gasteiger partial charge is 0.508 e. The van der Waals surface area contributed by atoms with Gasteiger partial charge in [-0.1, -0.05) is 50.5 Å². The Balaban J connectivity index is 1.33.